The van der Waals surface area contributed by atoms with Crippen LogP contribution < -0.4 is 0 Å². The van der Waals surface area contributed by atoms with Gasteiger partial charge in [0.2, 0.25) is 0 Å². The van der Waals surface area contributed by atoms with Crippen LogP contribution in [0.25, 0.3) is 0 Å². The van der Waals surface area contributed by atoms with E-state index in [0.717, 1.165) is 5.01 Å². The van der Waals surface area contributed by atoms with E-state index in [1.54, 1.807) is 12.5 Å². The van der Waals surface area contributed by atoms with Crippen molar-refractivity contribution in [2.24, 2.45) is 0 Å². The molecule has 1 heterocycles. The lowest BCUT2D eigenvalue weighted by molar-refractivity contribution is 0.0594. The van der Waals surface area contributed by atoms with Gasteiger partial charge in [0.05, 0.1) is 13.7 Å². The zero-order valence-corrected chi connectivity index (χ0v) is 7.68. The zero-order valence-electron chi connectivity index (χ0n) is 6.86. The van der Waals surface area contributed by atoms with Gasteiger partial charge in [0, 0.05) is 12.5 Å². The molecule has 12 heavy (non-hydrogen) atoms. The Bertz CT molecular complexity index is 271. The Morgan fingerprint density at radius 1 is 1.67 bits per heavy atom. The van der Waals surface area contributed by atoms with Crippen molar-refractivity contribution < 1.29 is 14.3 Å². The quantitative estimate of drug-likeness (QED) is 0.664. The van der Waals surface area contributed by atoms with Gasteiger partial charge in [-0.25, -0.2) is 9.78 Å². The molecule has 0 aliphatic carbocycles. The van der Waals surface area contributed by atoms with Gasteiger partial charge in [-0.05, 0) is 0 Å². The molecule has 66 valence electrons. The van der Waals surface area contributed by atoms with Gasteiger partial charge in [-0.3, -0.25) is 0 Å². The van der Waals surface area contributed by atoms with Gasteiger partial charge in [-0.1, -0.05) is 0 Å². The first-order valence-corrected chi connectivity index (χ1v) is 4.17. The van der Waals surface area contributed by atoms with Crippen LogP contribution in [0.15, 0.2) is 5.38 Å². The summed E-state index contributed by atoms with van der Waals surface area (Å²) >= 11 is 1.38. The number of carbonyl (C=O) groups is 1. The van der Waals surface area contributed by atoms with Gasteiger partial charge in [0.1, 0.15) is 5.01 Å². The topological polar surface area (TPSA) is 48.4 Å². The van der Waals surface area contributed by atoms with Crippen molar-refractivity contribution in [1.82, 2.24) is 4.98 Å². The van der Waals surface area contributed by atoms with E-state index in [-0.39, 0.29) is 0 Å². The van der Waals surface area contributed by atoms with E-state index in [0.29, 0.717) is 12.3 Å². The van der Waals surface area contributed by atoms with E-state index >= 15 is 0 Å². The molecule has 5 heteroatoms. The Labute approximate surface area is 74.1 Å². The van der Waals surface area contributed by atoms with E-state index in [2.05, 4.69) is 9.72 Å². The Morgan fingerprint density at radius 3 is 3.00 bits per heavy atom. The highest BCUT2D eigenvalue weighted by atomic mass is 32.1. The van der Waals surface area contributed by atoms with E-state index in [4.69, 9.17) is 4.74 Å². The van der Waals surface area contributed by atoms with Crippen LogP contribution in [0.5, 0.6) is 0 Å². The van der Waals surface area contributed by atoms with Crippen LogP contribution in [0, 0.1) is 0 Å². The highest BCUT2D eigenvalue weighted by Crippen LogP contribution is 2.10. The fourth-order valence-electron chi connectivity index (χ4n) is 0.699. The van der Waals surface area contributed by atoms with Crippen molar-refractivity contribution >= 4 is 17.3 Å². The minimum Gasteiger partial charge on any atom is -0.464 e. The summed E-state index contributed by atoms with van der Waals surface area (Å²) in [6, 6.07) is 0. The second-order valence-corrected chi connectivity index (χ2v) is 2.99. The first-order valence-electron chi connectivity index (χ1n) is 3.29. The summed E-state index contributed by atoms with van der Waals surface area (Å²) in [6.45, 7) is 0.432. The minimum atomic E-state index is -0.409. The standard InChI is InChI=1S/C7H9NO3S/c1-10-3-6-8-5(4-12-6)7(9)11-2/h4H,3H2,1-2H3. The number of hydrogen-bond acceptors (Lipinski definition) is 5. The third kappa shape index (κ3) is 2.02. The van der Waals surface area contributed by atoms with E-state index in [9.17, 15) is 4.79 Å². The summed E-state index contributed by atoms with van der Waals surface area (Å²) in [5.41, 5.74) is 0.342. The molecule has 0 aliphatic rings. The smallest absolute Gasteiger partial charge is 0.357 e. The van der Waals surface area contributed by atoms with Crippen LogP contribution in [-0.2, 0) is 16.1 Å². The molecule has 0 aliphatic heterocycles. The minimum absolute atomic E-state index is 0.342. The number of ether oxygens (including phenoxy) is 2. The first-order chi connectivity index (χ1) is 5.77. The van der Waals surface area contributed by atoms with Crippen LogP contribution in [0.4, 0.5) is 0 Å². The normalized spacial score (nSPS) is 9.83. The van der Waals surface area contributed by atoms with Gasteiger partial charge < -0.3 is 9.47 Å². The molecule has 0 saturated carbocycles. The van der Waals surface area contributed by atoms with Crippen molar-refractivity contribution in [3.8, 4) is 0 Å². The third-order valence-corrected chi connectivity index (χ3v) is 2.04. The highest BCUT2D eigenvalue weighted by molar-refractivity contribution is 7.09. The fraction of sp³-hybridized carbons (Fsp3) is 0.429. The van der Waals surface area contributed by atoms with Gasteiger partial charge in [0.25, 0.3) is 0 Å². The molecule has 0 bridgehead atoms. The largest absolute Gasteiger partial charge is 0.464 e. The molecule has 0 amide bonds. The molecule has 0 spiro atoms. The first kappa shape index (κ1) is 9.15. The van der Waals surface area contributed by atoms with Gasteiger partial charge in [0.15, 0.2) is 5.69 Å². The van der Waals surface area contributed by atoms with Crippen LogP contribution in [-0.4, -0.2) is 25.2 Å². The van der Waals surface area contributed by atoms with Gasteiger partial charge in [-0.15, -0.1) is 11.3 Å². The third-order valence-electron chi connectivity index (χ3n) is 1.21. The lowest BCUT2D eigenvalue weighted by Gasteiger charge is -1.92. The molecule has 0 aromatic carbocycles. The van der Waals surface area contributed by atoms with Crippen LogP contribution in [0.3, 0.4) is 0 Å². The Kier molecular flexibility index (Phi) is 3.19. The van der Waals surface area contributed by atoms with Crippen molar-refractivity contribution in [3.05, 3.63) is 16.1 Å². The van der Waals surface area contributed by atoms with Crippen molar-refractivity contribution in [1.29, 1.82) is 0 Å². The molecule has 0 unspecified atom stereocenters. The summed E-state index contributed by atoms with van der Waals surface area (Å²) in [5.74, 6) is -0.409. The average molecular weight is 187 g/mol. The maximum atomic E-state index is 10.9. The maximum absolute atomic E-state index is 10.9. The lowest BCUT2D eigenvalue weighted by Crippen LogP contribution is -2.01. The Morgan fingerprint density at radius 2 is 2.42 bits per heavy atom. The molecule has 0 radical (unpaired) electrons. The van der Waals surface area contributed by atoms with Crippen LogP contribution in [0.1, 0.15) is 15.5 Å². The average Bonchev–Trinajstić information content (AvgIpc) is 2.52. The Hall–Kier alpha value is -0.940. The second-order valence-electron chi connectivity index (χ2n) is 2.05. The molecule has 1 aromatic rings. The summed E-state index contributed by atoms with van der Waals surface area (Å²) in [4.78, 5) is 14.9. The maximum Gasteiger partial charge on any atom is 0.357 e. The van der Waals surface area contributed by atoms with E-state index < -0.39 is 5.97 Å². The summed E-state index contributed by atoms with van der Waals surface area (Å²) < 4.78 is 9.34. The number of rotatable bonds is 3. The zero-order chi connectivity index (χ0) is 8.97. The number of nitrogens with zero attached hydrogens (tertiary/aromatic N) is 1. The van der Waals surface area contributed by atoms with Crippen molar-refractivity contribution in [2.45, 2.75) is 6.61 Å². The molecule has 0 atom stereocenters. The number of methoxy groups -OCH3 is 2. The SMILES string of the molecule is COCc1nc(C(=O)OC)cs1. The second kappa shape index (κ2) is 4.18. The van der Waals surface area contributed by atoms with E-state index in [1.165, 1.54) is 18.4 Å². The predicted molar refractivity (Wildman–Crippen MR) is 44.2 cm³/mol. The number of thiazole rings is 1. The summed E-state index contributed by atoms with van der Waals surface area (Å²) in [6.07, 6.45) is 0. The molecule has 0 N–H and O–H groups in total. The van der Waals surface area contributed by atoms with Crippen molar-refractivity contribution in [3.63, 3.8) is 0 Å². The van der Waals surface area contributed by atoms with Gasteiger partial charge in [-0.2, -0.15) is 0 Å². The predicted octanol–water partition coefficient (Wildman–Crippen LogP) is 1.08. The molecule has 0 saturated heterocycles. The number of aromatic nitrogens is 1. The molecular formula is C7H9NO3S. The van der Waals surface area contributed by atoms with Crippen LogP contribution in [0.2, 0.25) is 0 Å². The highest BCUT2D eigenvalue weighted by Gasteiger charge is 2.09. The number of carbonyl (C=O) groups excluding carboxylic acids is 1. The number of esters is 1. The molecule has 4 nitrogen and oxygen atoms in total. The summed E-state index contributed by atoms with van der Waals surface area (Å²) in [7, 11) is 2.91. The fourth-order valence-corrected chi connectivity index (χ4v) is 1.43. The molecular weight excluding hydrogens is 178 g/mol. The lowest BCUT2D eigenvalue weighted by atomic mass is 10.5. The Balaban J connectivity index is 2.70. The van der Waals surface area contributed by atoms with Crippen LogP contribution >= 0.6 is 11.3 Å². The molecule has 1 aromatic heterocycles. The van der Waals surface area contributed by atoms with E-state index in [1.807, 2.05) is 0 Å². The van der Waals surface area contributed by atoms with Gasteiger partial charge >= 0.3 is 5.97 Å². The monoisotopic (exact) mass is 187 g/mol. The number of hydrogen-bond donors (Lipinski definition) is 0. The summed E-state index contributed by atoms with van der Waals surface area (Å²) in [5, 5.41) is 2.43. The molecule has 0 fully saturated rings. The van der Waals surface area contributed by atoms with Crippen molar-refractivity contribution in [2.75, 3.05) is 14.2 Å². The molecule has 1 rings (SSSR count).